The second-order valence-electron chi connectivity index (χ2n) is 10.1. The highest BCUT2D eigenvalue weighted by Crippen LogP contribution is 2.38. The van der Waals surface area contributed by atoms with E-state index in [1.165, 1.54) is 5.69 Å². The number of carbonyl (C=O) groups excluding carboxylic acids is 1. The zero-order chi connectivity index (χ0) is 26.8. The van der Waals surface area contributed by atoms with E-state index in [1.807, 2.05) is 43.6 Å². The molecule has 1 aromatic carbocycles. The first-order valence-corrected chi connectivity index (χ1v) is 13.6. The predicted molar refractivity (Wildman–Crippen MR) is 150 cm³/mol. The van der Waals surface area contributed by atoms with E-state index in [-0.39, 0.29) is 17.8 Å². The SMILES string of the molecule is CCc1nc(C(N)=O)c(Nc2ccc3c(c2)OCC2CN(c4ccncc4)CCN32)nc1NC1CCOCC1. The lowest BCUT2D eigenvalue weighted by Crippen LogP contribution is -2.57. The van der Waals surface area contributed by atoms with Gasteiger partial charge in [0.2, 0.25) is 0 Å². The van der Waals surface area contributed by atoms with Gasteiger partial charge in [-0.15, -0.1) is 0 Å². The van der Waals surface area contributed by atoms with Gasteiger partial charge >= 0.3 is 0 Å². The molecule has 1 amide bonds. The maximum Gasteiger partial charge on any atom is 0.271 e. The smallest absolute Gasteiger partial charge is 0.271 e. The molecule has 11 heteroatoms. The average Bonchev–Trinajstić information content (AvgIpc) is 2.97. The lowest BCUT2D eigenvalue weighted by Gasteiger charge is -2.46. The minimum atomic E-state index is -0.624. The van der Waals surface area contributed by atoms with Crippen LogP contribution in [-0.2, 0) is 11.2 Å². The van der Waals surface area contributed by atoms with Gasteiger partial charge < -0.3 is 35.6 Å². The Hall–Kier alpha value is -4.12. The Kier molecular flexibility index (Phi) is 7.06. The number of aryl methyl sites for hydroxylation is 1. The summed E-state index contributed by atoms with van der Waals surface area (Å²) in [5.41, 5.74) is 9.54. The van der Waals surface area contributed by atoms with Gasteiger partial charge in [-0.3, -0.25) is 9.78 Å². The number of fused-ring (bicyclic) bond motifs is 3. The van der Waals surface area contributed by atoms with E-state index < -0.39 is 5.91 Å². The van der Waals surface area contributed by atoms with Crippen LogP contribution in [0.25, 0.3) is 0 Å². The van der Waals surface area contributed by atoms with Crippen LogP contribution in [0.15, 0.2) is 42.7 Å². The normalized spacial score (nSPS) is 19.1. The summed E-state index contributed by atoms with van der Waals surface area (Å²) in [6.07, 6.45) is 6.07. The number of primary amides is 1. The lowest BCUT2D eigenvalue weighted by molar-refractivity contribution is 0.0903. The first-order chi connectivity index (χ1) is 19.1. The second-order valence-corrected chi connectivity index (χ2v) is 10.1. The zero-order valence-electron chi connectivity index (χ0n) is 22.1. The Bertz CT molecular complexity index is 1330. The van der Waals surface area contributed by atoms with E-state index in [2.05, 4.69) is 36.5 Å². The van der Waals surface area contributed by atoms with E-state index in [9.17, 15) is 4.79 Å². The summed E-state index contributed by atoms with van der Waals surface area (Å²) in [7, 11) is 0. The van der Waals surface area contributed by atoms with Crippen molar-refractivity contribution in [2.45, 2.75) is 38.3 Å². The van der Waals surface area contributed by atoms with Gasteiger partial charge in [-0.25, -0.2) is 9.97 Å². The minimum Gasteiger partial charge on any atom is -0.489 e. The Morgan fingerprint density at radius 2 is 1.92 bits per heavy atom. The molecule has 0 bridgehead atoms. The van der Waals surface area contributed by atoms with Gasteiger partial charge in [-0.1, -0.05) is 6.92 Å². The zero-order valence-corrected chi connectivity index (χ0v) is 22.1. The van der Waals surface area contributed by atoms with Crippen LogP contribution in [0, 0.1) is 0 Å². The number of nitrogens with one attached hydrogen (secondary N) is 2. The van der Waals surface area contributed by atoms with E-state index in [4.69, 9.17) is 20.2 Å². The van der Waals surface area contributed by atoms with Gasteiger partial charge in [0.25, 0.3) is 5.91 Å². The third kappa shape index (κ3) is 5.26. The van der Waals surface area contributed by atoms with Crippen LogP contribution in [0.5, 0.6) is 5.75 Å². The van der Waals surface area contributed by atoms with Crippen molar-refractivity contribution in [2.24, 2.45) is 5.73 Å². The summed E-state index contributed by atoms with van der Waals surface area (Å²) in [6, 6.07) is 10.6. The number of pyridine rings is 1. The fraction of sp³-hybridized carbons (Fsp3) is 0.429. The van der Waals surface area contributed by atoms with Gasteiger partial charge in [0.1, 0.15) is 12.4 Å². The monoisotopic (exact) mass is 530 g/mol. The topological polar surface area (TPSA) is 131 Å². The third-order valence-electron chi connectivity index (χ3n) is 7.57. The van der Waals surface area contributed by atoms with Crippen molar-refractivity contribution >= 4 is 34.6 Å². The molecule has 2 saturated heterocycles. The molecule has 1 atom stereocenters. The molecule has 1 unspecified atom stereocenters. The summed E-state index contributed by atoms with van der Waals surface area (Å²) in [4.78, 5) is 30.6. The highest BCUT2D eigenvalue weighted by Gasteiger charge is 2.33. The standard InChI is InChI=1S/C28H34N8O3/c1-2-22-27(31-18-7-13-38-14-8-18)34-28(25(33-22)26(29)37)32-19-3-4-23-24(15-19)39-17-21-16-35(11-12-36(21)23)20-5-9-30-10-6-20/h3-6,9-10,15,18,21H,2,7-8,11-14,16-17H2,1H3,(H2,29,37)(H2,31,32,34). The van der Waals surface area contributed by atoms with Crippen molar-refractivity contribution in [3.63, 3.8) is 0 Å². The molecular weight excluding hydrogens is 496 g/mol. The molecule has 0 radical (unpaired) electrons. The number of amides is 1. The Morgan fingerprint density at radius 1 is 1.10 bits per heavy atom. The summed E-state index contributed by atoms with van der Waals surface area (Å²) in [6.45, 7) is 6.71. The molecule has 3 aliphatic heterocycles. The number of hydrogen-bond donors (Lipinski definition) is 3. The molecule has 0 spiro atoms. The van der Waals surface area contributed by atoms with Crippen LogP contribution in [0.4, 0.5) is 28.7 Å². The van der Waals surface area contributed by atoms with Crippen LogP contribution in [-0.4, -0.2) is 72.4 Å². The number of anilines is 5. The van der Waals surface area contributed by atoms with E-state index in [1.54, 1.807) is 0 Å². The molecule has 6 rings (SSSR count). The second kappa shape index (κ2) is 10.9. The summed E-state index contributed by atoms with van der Waals surface area (Å²) >= 11 is 0. The Morgan fingerprint density at radius 3 is 2.69 bits per heavy atom. The van der Waals surface area contributed by atoms with E-state index in [0.717, 1.165) is 49.6 Å². The molecule has 2 aromatic heterocycles. The molecule has 0 saturated carbocycles. The van der Waals surface area contributed by atoms with Crippen LogP contribution >= 0.6 is 0 Å². The number of piperazine rings is 1. The molecule has 3 aliphatic rings. The van der Waals surface area contributed by atoms with Crippen molar-refractivity contribution in [3.05, 3.63) is 54.1 Å². The van der Waals surface area contributed by atoms with Gasteiger partial charge in [0, 0.05) is 68.7 Å². The molecule has 11 nitrogen and oxygen atoms in total. The largest absolute Gasteiger partial charge is 0.489 e. The van der Waals surface area contributed by atoms with Crippen molar-refractivity contribution in [3.8, 4) is 5.75 Å². The van der Waals surface area contributed by atoms with Crippen molar-refractivity contribution in [1.82, 2.24) is 15.0 Å². The van der Waals surface area contributed by atoms with Crippen LogP contribution < -0.4 is 30.9 Å². The number of nitrogens with zero attached hydrogens (tertiary/aromatic N) is 5. The van der Waals surface area contributed by atoms with Crippen LogP contribution in [0.1, 0.15) is 35.9 Å². The maximum absolute atomic E-state index is 12.3. The highest BCUT2D eigenvalue weighted by atomic mass is 16.5. The number of hydrogen-bond acceptors (Lipinski definition) is 10. The van der Waals surface area contributed by atoms with Crippen molar-refractivity contribution < 1.29 is 14.3 Å². The molecule has 5 heterocycles. The third-order valence-corrected chi connectivity index (χ3v) is 7.57. The maximum atomic E-state index is 12.3. The molecule has 39 heavy (non-hydrogen) atoms. The number of carbonyl (C=O) groups is 1. The van der Waals surface area contributed by atoms with Gasteiger partial charge in [0.05, 0.1) is 17.4 Å². The number of nitrogens with two attached hydrogens (primary N) is 1. The molecular formula is C28H34N8O3. The predicted octanol–water partition coefficient (Wildman–Crippen LogP) is 2.96. The molecule has 4 N–H and O–H groups in total. The average molecular weight is 531 g/mol. The first kappa shape index (κ1) is 25.2. The van der Waals surface area contributed by atoms with E-state index >= 15 is 0 Å². The number of rotatable bonds is 7. The summed E-state index contributed by atoms with van der Waals surface area (Å²) in [5, 5.41) is 6.79. The van der Waals surface area contributed by atoms with Gasteiger partial charge in [-0.2, -0.15) is 0 Å². The Labute approximate surface area is 227 Å². The summed E-state index contributed by atoms with van der Waals surface area (Å²) < 4.78 is 11.7. The van der Waals surface area contributed by atoms with Gasteiger partial charge in [-0.05, 0) is 43.5 Å². The molecule has 3 aromatic rings. The van der Waals surface area contributed by atoms with Crippen molar-refractivity contribution in [1.29, 1.82) is 0 Å². The molecule has 204 valence electrons. The molecule has 0 aliphatic carbocycles. The van der Waals surface area contributed by atoms with E-state index in [0.29, 0.717) is 43.6 Å². The highest BCUT2D eigenvalue weighted by molar-refractivity contribution is 5.96. The Balaban J connectivity index is 1.22. The fourth-order valence-corrected chi connectivity index (χ4v) is 5.50. The number of aromatic nitrogens is 3. The van der Waals surface area contributed by atoms with Crippen LogP contribution in [0.2, 0.25) is 0 Å². The quantitative estimate of drug-likeness (QED) is 0.419. The fourth-order valence-electron chi connectivity index (χ4n) is 5.50. The van der Waals surface area contributed by atoms with Crippen LogP contribution in [0.3, 0.4) is 0 Å². The number of ether oxygens (including phenoxy) is 2. The molecule has 2 fully saturated rings. The number of benzene rings is 1. The van der Waals surface area contributed by atoms with Gasteiger partial charge in [0.15, 0.2) is 17.3 Å². The lowest BCUT2D eigenvalue weighted by atomic mass is 10.1. The summed E-state index contributed by atoms with van der Waals surface area (Å²) in [5.74, 6) is 1.17. The van der Waals surface area contributed by atoms with Crippen molar-refractivity contribution in [2.75, 3.05) is 59.9 Å². The first-order valence-electron chi connectivity index (χ1n) is 13.6. The minimum absolute atomic E-state index is 0.121.